The van der Waals surface area contributed by atoms with Crippen molar-refractivity contribution in [3.63, 3.8) is 0 Å². The Balaban J connectivity index is 1.08. The fraction of sp³-hybridized carbons (Fsp3) is 0.294. The van der Waals surface area contributed by atoms with Crippen LogP contribution in [0, 0.1) is 0 Å². The molecule has 9 nitrogen and oxygen atoms in total. The van der Waals surface area contributed by atoms with Gasteiger partial charge in [0.1, 0.15) is 11.5 Å². The van der Waals surface area contributed by atoms with Crippen LogP contribution in [0.3, 0.4) is 0 Å². The van der Waals surface area contributed by atoms with Crippen LogP contribution in [0.1, 0.15) is 29.9 Å². The molecule has 1 N–H and O–H groups in total. The number of fused-ring (bicyclic) bond motifs is 2. The van der Waals surface area contributed by atoms with E-state index in [-0.39, 0.29) is 41.9 Å². The van der Waals surface area contributed by atoms with Crippen molar-refractivity contribution in [3.8, 4) is 11.5 Å². The molecule has 1 aliphatic rings. The van der Waals surface area contributed by atoms with E-state index in [4.69, 9.17) is 14.2 Å². The minimum Gasteiger partial charge on any atom is -0.496 e. The first-order chi connectivity index (χ1) is 21.8. The lowest BCUT2D eigenvalue weighted by Crippen LogP contribution is -2.46. The van der Waals surface area contributed by atoms with E-state index in [1.807, 2.05) is 84.9 Å². The molecule has 2 unspecified atom stereocenters. The number of para-hydroxylation sites is 1. The Kier molecular flexibility index (Phi) is 9.20. The number of benzene rings is 4. The highest BCUT2D eigenvalue weighted by atomic mass is 32.2. The normalized spacial score (nSPS) is 17.0. The number of piperidine rings is 1. The quantitative estimate of drug-likeness (QED) is 0.157. The molecule has 11 heteroatoms. The molecule has 1 amide bonds. The third-order valence-electron chi connectivity index (χ3n) is 8.12. The molecule has 0 spiro atoms. The number of nitrogens with zero attached hydrogens (tertiary/aromatic N) is 2. The van der Waals surface area contributed by atoms with Crippen LogP contribution in [0.4, 0.5) is 4.79 Å². The first kappa shape index (κ1) is 30.8. The summed E-state index contributed by atoms with van der Waals surface area (Å²) in [6, 6.07) is 27.1. The Morgan fingerprint density at radius 2 is 1.80 bits per heavy atom. The Labute approximate surface area is 265 Å². The second-order valence-electron chi connectivity index (χ2n) is 11.0. The maximum atomic E-state index is 12.8. The Morgan fingerprint density at radius 1 is 1.02 bits per heavy atom. The highest BCUT2D eigenvalue weighted by Crippen LogP contribution is 2.35. The summed E-state index contributed by atoms with van der Waals surface area (Å²) in [4.78, 5) is 17.5. The Bertz CT molecular complexity index is 1870. The van der Waals surface area contributed by atoms with Crippen LogP contribution in [0.25, 0.3) is 21.0 Å². The largest absolute Gasteiger partial charge is 0.496 e. The maximum absolute atomic E-state index is 12.8. The van der Waals surface area contributed by atoms with Gasteiger partial charge in [-0.2, -0.15) is 0 Å². The lowest BCUT2D eigenvalue weighted by molar-refractivity contribution is -0.0204. The van der Waals surface area contributed by atoms with Crippen LogP contribution in [0.2, 0.25) is 0 Å². The van der Waals surface area contributed by atoms with Gasteiger partial charge in [-0.05, 0) is 48.1 Å². The number of methoxy groups -OCH3 is 1. The number of thiazole rings is 1. The SMILES string of the molecule is COc1c(COC2CN(C(=O)O)CCC2c2ccc(OCCCS(=O)(=O)c3nc4ccccc4s3)cc2)ccc2ccccc12. The molecule has 6 rings (SSSR count). The van der Waals surface area contributed by atoms with Crippen LogP contribution < -0.4 is 9.47 Å². The zero-order chi connectivity index (χ0) is 31.4. The Hall–Kier alpha value is -4.19. The molecule has 2 atom stereocenters. The van der Waals surface area contributed by atoms with Crippen molar-refractivity contribution in [3.05, 3.63) is 96.1 Å². The monoisotopic (exact) mass is 646 g/mol. The molecular formula is C34H34N2O7S2. The predicted molar refractivity (Wildman–Crippen MR) is 174 cm³/mol. The molecule has 0 aliphatic carbocycles. The van der Waals surface area contributed by atoms with Crippen LogP contribution >= 0.6 is 11.3 Å². The molecule has 234 valence electrons. The number of sulfone groups is 1. The third kappa shape index (κ3) is 6.90. The lowest BCUT2D eigenvalue weighted by atomic mass is 9.87. The van der Waals surface area contributed by atoms with Crippen LogP contribution in [0.15, 0.2) is 89.3 Å². The highest BCUT2D eigenvalue weighted by Gasteiger charge is 2.33. The first-order valence-electron chi connectivity index (χ1n) is 14.8. The summed E-state index contributed by atoms with van der Waals surface area (Å²) >= 11 is 1.19. The minimum atomic E-state index is -3.50. The third-order valence-corrected chi connectivity index (χ3v) is 11.4. The molecule has 5 aromatic rings. The summed E-state index contributed by atoms with van der Waals surface area (Å²) in [5.41, 5.74) is 2.62. The molecule has 0 saturated carbocycles. The van der Waals surface area contributed by atoms with Crippen molar-refractivity contribution in [2.75, 3.05) is 32.6 Å². The van der Waals surface area contributed by atoms with Crippen molar-refractivity contribution in [1.82, 2.24) is 9.88 Å². The van der Waals surface area contributed by atoms with Gasteiger partial charge in [-0.1, -0.05) is 60.7 Å². The van der Waals surface area contributed by atoms with E-state index in [0.717, 1.165) is 32.3 Å². The van der Waals surface area contributed by atoms with Gasteiger partial charge < -0.3 is 24.2 Å². The topological polar surface area (TPSA) is 115 Å². The van der Waals surface area contributed by atoms with Crippen molar-refractivity contribution < 1.29 is 32.5 Å². The predicted octanol–water partition coefficient (Wildman–Crippen LogP) is 6.75. The summed E-state index contributed by atoms with van der Waals surface area (Å²) in [5.74, 6) is 1.33. The number of amides is 1. The summed E-state index contributed by atoms with van der Waals surface area (Å²) in [5, 5.41) is 11.7. The van der Waals surface area contributed by atoms with Gasteiger partial charge in [0, 0.05) is 23.4 Å². The van der Waals surface area contributed by atoms with Crippen LogP contribution in [-0.4, -0.2) is 68.2 Å². The molecule has 0 radical (unpaired) electrons. The van der Waals surface area contributed by atoms with Gasteiger partial charge in [0.2, 0.25) is 14.2 Å². The van der Waals surface area contributed by atoms with Gasteiger partial charge in [-0.15, -0.1) is 11.3 Å². The second-order valence-corrected chi connectivity index (χ2v) is 14.3. The number of rotatable bonds is 11. The fourth-order valence-corrected chi connectivity index (χ4v) is 8.44. The lowest BCUT2D eigenvalue weighted by Gasteiger charge is -2.37. The molecule has 1 fully saturated rings. The van der Waals surface area contributed by atoms with E-state index in [1.54, 1.807) is 7.11 Å². The van der Waals surface area contributed by atoms with E-state index in [9.17, 15) is 18.3 Å². The molecule has 1 saturated heterocycles. The average Bonchev–Trinajstić information content (AvgIpc) is 3.51. The number of likely N-dealkylation sites (tertiary alicyclic amines) is 1. The number of hydrogen-bond donors (Lipinski definition) is 1. The summed E-state index contributed by atoms with van der Waals surface area (Å²) in [7, 11) is -1.85. The number of aromatic nitrogens is 1. The standard InChI is InChI=1S/C34H34N2O7S2/c1-41-32-25(12-11-23-7-2-3-8-28(23)32)22-43-30-21-36(34(37)38)18-17-27(30)24-13-15-26(16-14-24)42-19-6-20-45(39,40)33-35-29-9-4-5-10-31(29)44-33/h2-5,7-16,27,30H,6,17-22H2,1H3,(H,37,38). The maximum Gasteiger partial charge on any atom is 0.407 e. The molecule has 0 bridgehead atoms. The molecule has 45 heavy (non-hydrogen) atoms. The molecule has 2 heterocycles. The van der Waals surface area contributed by atoms with Crippen molar-refractivity contribution in [1.29, 1.82) is 0 Å². The molecular weight excluding hydrogens is 613 g/mol. The zero-order valence-electron chi connectivity index (χ0n) is 24.8. The van der Waals surface area contributed by atoms with E-state index < -0.39 is 15.9 Å². The van der Waals surface area contributed by atoms with Crippen LogP contribution in [0.5, 0.6) is 11.5 Å². The summed E-state index contributed by atoms with van der Waals surface area (Å²) in [6.07, 6.45) is -0.359. The number of hydrogen-bond acceptors (Lipinski definition) is 8. The van der Waals surface area contributed by atoms with Gasteiger partial charge in [-0.3, -0.25) is 0 Å². The van der Waals surface area contributed by atoms with Gasteiger partial charge in [0.25, 0.3) is 0 Å². The summed E-state index contributed by atoms with van der Waals surface area (Å²) in [6.45, 7) is 1.21. The number of ether oxygens (including phenoxy) is 3. The van der Waals surface area contributed by atoms with Crippen molar-refractivity contribution in [2.45, 2.75) is 35.8 Å². The van der Waals surface area contributed by atoms with Crippen molar-refractivity contribution >= 4 is 48.3 Å². The average molecular weight is 647 g/mol. The second kappa shape index (κ2) is 13.4. The van der Waals surface area contributed by atoms with Crippen molar-refractivity contribution in [2.24, 2.45) is 0 Å². The first-order valence-corrected chi connectivity index (χ1v) is 17.2. The minimum absolute atomic E-state index is 0.0138. The fourth-order valence-electron chi connectivity index (χ4n) is 5.80. The Morgan fingerprint density at radius 3 is 2.58 bits per heavy atom. The van der Waals surface area contributed by atoms with Crippen LogP contribution in [-0.2, 0) is 21.2 Å². The zero-order valence-corrected chi connectivity index (χ0v) is 26.4. The highest BCUT2D eigenvalue weighted by molar-refractivity contribution is 7.93. The van der Waals surface area contributed by atoms with Gasteiger partial charge in [-0.25, -0.2) is 18.2 Å². The molecule has 4 aromatic carbocycles. The molecule has 1 aliphatic heterocycles. The van der Waals surface area contributed by atoms with E-state index >= 15 is 0 Å². The summed E-state index contributed by atoms with van der Waals surface area (Å²) < 4.78 is 44.6. The van der Waals surface area contributed by atoms with E-state index in [1.165, 1.54) is 16.2 Å². The van der Waals surface area contributed by atoms with Gasteiger partial charge in [0.05, 0.1) is 48.9 Å². The van der Waals surface area contributed by atoms with Gasteiger partial charge in [0.15, 0.2) is 0 Å². The van der Waals surface area contributed by atoms with Gasteiger partial charge >= 0.3 is 6.09 Å². The van der Waals surface area contributed by atoms with E-state index in [0.29, 0.717) is 30.7 Å². The number of carboxylic acid groups (broad SMARTS) is 1. The number of carbonyl (C=O) groups is 1. The smallest absolute Gasteiger partial charge is 0.407 e. The molecule has 1 aromatic heterocycles. The van der Waals surface area contributed by atoms with E-state index in [2.05, 4.69) is 4.98 Å².